The molecular formula is C12H18BNO4. The van der Waals surface area contributed by atoms with Crippen molar-refractivity contribution in [2.45, 2.75) is 33.3 Å². The number of benzene rings is 1. The zero-order chi connectivity index (χ0) is 13.9. The summed E-state index contributed by atoms with van der Waals surface area (Å²) in [4.78, 5) is 11.5. The summed E-state index contributed by atoms with van der Waals surface area (Å²) >= 11 is 0. The van der Waals surface area contributed by atoms with Crippen LogP contribution in [0.1, 0.15) is 26.3 Å². The minimum atomic E-state index is -1.51. The fourth-order valence-electron chi connectivity index (χ4n) is 1.46. The molecule has 0 aliphatic carbocycles. The highest BCUT2D eigenvalue weighted by Gasteiger charge is 2.17. The molecule has 0 unspecified atom stereocenters. The van der Waals surface area contributed by atoms with E-state index in [0.717, 1.165) is 0 Å². The van der Waals surface area contributed by atoms with Gasteiger partial charge in [-0.05, 0) is 50.9 Å². The van der Waals surface area contributed by atoms with Crippen molar-refractivity contribution in [3.8, 4) is 0 Å². The van der Waals surface area contributed by atoms with Crippen LogP contribution in [-0.4, -0.2) is 28.9 Å². The third-order valence-electron chi connectivity index (χ3n) is 2.19. The maximum absolute atomic E-state index is 11.5. The highest BCUT2D eigenvalue weighted by atomic mass is 16.6. The molecule has 0 atom stereocenters. The van der Waals surface area contributed by atoms with Crippen molar-refractivity contribution >= 4 is 24.4 Å². The van der Waals surface area contributed by atoms with E-state index in [1.165, 1.54) is 0 Å². The van der Waals surface area contributed by atoms with Crippen LogP contribution in [0, 0.1) is 6.92 Å². The van der Waals surface area contributed by atoms with Crippen molar-refractivity contribution in [1.82, 2.24) is 0 Å². The number of anilines is 1. The second-order valence-corrected chi connectivity index (χ2v) is 5.07. The van der Waals surface area contributed by atoms with Crippen LogP contribution in [0.25, 0.3) is 0 Å². The zero-order valence-corrected chi connectivity index (χ0v) is 11.0. The highest BCUT2D eigenvalue weighted by molar-refractivity contribution is 6.59. The van der Waals surface area contributed by atoms with E-state index in [9.17, 15) is 4.79 Å². The number of hydrogen-bond donors (Lipinski definition) is 3. The largest absolute Gasteiger partial charge is 0.488 e. The van der Waals surface area contributed by atoms with E-state index in [2.05, 4.69) is 5.32 Å². The van der Waals surface area contributed by atoms with Gasteiger partial charge in [0.2, 0.25) is 0 Å². The number of aryl methyl sites for hydroxylation is 1. The number of carbonyl (C=O) groups excluding carboxylic acids is 1. The van der Waals surface area contributed by atoms with Crippen LogP contribution in [0.15, 0.2) is 18.2 Å². The first-order valence-electron chi connectivity index (χ1n) is 5.66. The van der Waals surface area contributed by atoms with Crippen molar-refractivity contribution in [2.24, 2.45) is 0 Å². The maximum Gasteiger partial charge on any atom is 0.488 e. The van der Waals surface area contributed by atoms with Crippen molar-refractivity contribution in [3.05, 3.63) is 23.8 Å². The molecule has 0 spiro atoms. The lowest BCUT2D eigenvalue weighted by Gasteiger charge is -2.20. The predicted molar refractivity (Wildman–Crippen MR) is 70.9 cm³/mol. The second kappa shape index (κ2) is 5.41. The Balaban J connectivity index is 2.75. The molecule has 0 aromatic heterocycles. The zero-order valence-electron chi connectivity index (χ0n) is 11.0. The summed E-state index contributed by atoms with van der Waals surface area (Å²) in [6.07, 6.45) is -0.542. The number of rotatable bonds is 2. The van der Waals surface area contributed by atoms with E-state index in [1.54, 1.807) is 45.9 Å². The predicted octanol–water partition coefficient (Wildman–Crippen LogP) is 1.02. The molecule has 0 aliphatic rings. The Kier molecular flexibility index (Phi) is 4.37. The molecule has 0 saturated carbocycles. The second-order valence-electron chi connectivity index (χ2n) is 5.07. The molecular weight excluding hydrogens is 233 g/mol. The Morgan fingerprint density at radius 3 is 2.39 bits per heavy atom. The fourth-order valence-corrected chi connectivity index (χ4v) is 1.46. The van der Waals surface area contributed by atoms with Gasteiger partial charge in [0.15, 0.2) is 0 Å². The SMILES string of the molecule is Cc1cc(NC(=O)OC(C)(C)C)ccc1B(O)O. The molecule has 0 aliphatic heterocycles. The van der Waals surface area contributed by atoms with Crippen LogP contribution in [0.3, 0.4) is 0 Å². The molecule has 5 nitrogen and oxygen atoms in total. The molecule has 98 valence electrons. The van der Waals surface area contributed by atoms with E-state index in [1.807, 2.05) is 0 Å². The van der Waals surface area contributed by atoms with Crippen molar-refractivity contribution < 1.29 is 19.6 Å². The Bertz CT molecular complexity index is 440. The molecule has 0 bridgehead atoms. The monoisotopic (exact) mass is 251 g/mol. The number of nitrogens with one attached hydrogen (secondary N) is 1. The van der Waals surface area contributed by atoms with Crippen molar-refractivity contribution in [1.29, 1.82) is 0 Å². The minimum absolute atomic E-state index is 0.407. The van der Waals surface area contributed by atoms with Gasteiger partial charge in [-0.25, -0.2) is 4.79 Å². The average Bonchev–Trinajstić information content (AvgIpc) is 2.13. The van der Waals surface area contributed by atoms with Gasteiger partial charge in [-0.15, -0.1) is 0 Å². The van der Waals surface area contributed by atoms with E-state index >= 15 is 0 Å². The molecule has 1 aromatic carbocycles. The summed E-state index contributed by atoms with van der Waals surface area (Å²) < 4.78 is 5.11. The maximum atomic E-state index is 11.5. The summed E-state index contributed by atoms with van der Waals surface area (Å²) in [5.41, 5.74) is 1.08. The first-order chi connectivity index (χ1) is 8.19. The van der Waals surface area contributed by atoms with Gasteiger partial charge < -0.3 is 14.8 Å². The lowest BCUT2D eigenvalue weighted by Crippen LogP contribution is -2.32. The quantitative estimate of drug-likeness (QED) is 0.686. The van der Waals surface area contributed by atoms with E-state index in [0.29, 0.717) is 16.7 Å². The average molecular weight is 251 g/mol. The van der Waals surface area contributed by atoms with Gasteiger partial charge in [0.05, 0.1) is 0 Å². The van der Waals surface area contributed by atoms with E-state index < -0.39 is 18.8 Å². The molecule has 6 heteroatoms. The van der Waals surface area contributed by atoms with Gasteiger partial charge in [0.1, 0.15) is 5.60 Å². The van der Waals surface area contributed by atoms with Gasteiger partial charge in [0, 0.05) is 5.69 Å². The van der Waals surface area contributed by atoms with Gasteiger partial charge in [-0.1, -0.05) is 6.07 Å². The Morgan fingerprint density at radius 2 is 1.94 bits per heavy atom. The lowest BCUT2D eigenvalue weighted by atomic mass is 9.77. The standard InChI is InChI=1S/C12H18BNO4/c1-8-7-9(5-6-10(8)13(16)17)14-11(15)18-12(2,3)4/h5-7,16-17H,1-4H3,(H,14,15). The summed E-state index contributed by atoms with van der Waals surface area (Å²) in [6, 6.07) is 4.79. The van der Waals surface area contributed by atoms with Crippen LogP contribution in [0.2, 0.25) is 0 Å². The molecule has 1 aromatic rings. The molecule has 0 fully saturated rings. The van der Waals surface area contributed by atoms with E-state index in [-0.39, 0.29) is 0 Å². The number of carbonyl (C=O) groups is 1. The topological polar surface area (TPSA) is 78.8 Å². The van der Waals surface area contributed by atoms with Crippen LogP contribution < -0.4 is 10.8 Å². The Hall–Kier alpha value is -1.53. The molecule has 3 N–H and O–H groups in total. The first kappa shape index (κ1) is 14.5. The molecule has 18 heavy (non-hydrogen) atoms. The van der Waals surface area contributed by atoms with Gasteiger partial charge in [-0.3, -0.25) is 5.32 Å². The minimum Gasteiger partial charge on any atom is -0.444 e. The van der Waals surface area contributed by atoms with E-state index in [4.69, 9.17) is 14.8 Å². The van der Waals surface area contributed by atoms with Crippen LogP contribution in [0.5, 0.6) is 0 Å². The molecule has 1 amide bonds. The third kappa shape index (κ3) is 4.39. The van der Waals surface area contributed by atoms with Crippen LogP contribution >= 0.6 is 0 Å². The molecule has 0 saturated heterocycles. The van der Waals surface area contributed by atoms with Crippen LogP contribution in [0.4, 0.5) is 10.5 Å². The summed E-state index contributed by atoms with van der Waals surface area (Å²) in [7, 11) is -1.51. The summed E-state index contributed by atoms with van der Waals surface area (Å²) in [6.45, 7) is 7.07. The number of amides is 1. The smallest absolute Gasteiger partial charge is 0.444 e. The Labute approximate surface area is 107 Å². The molecule has 0 radical (unpaired) electrons. The third-order valence-corrected chi connectivity index (χ3v) is 2.19. The number of hydrogen-bond acceptors (Lipinski definition) is 4. The fraction of sp³-hybridized carbons (Fsp3) is 0.417. The van der Waals surface area contributed by atoms with Gasteiger partial charge in [0.25, 0.3) is 0 Å². The molecule has 0 heterocycles. The summed E-state index contributed by atoms with van der Waals surface area (Å²) in [5.74, 6) is 0. The normalized spacial score (nSPS) is 11.0. The van der Waals surface area contributed by atoms with Gasteiger partial charge in [-0.2, -0.15) is 0 Å². The highest BCUT2D eigenvalue weighted by Crippen LogP contribution is 2.12. The number of ether oxygens (including phenoxy) is 1. The van der Waals surface area contributed by atoms with Gasteiger partial charge >= 0.3 is 13.2 Å². The lowest BCUT2D eigenvalue weighted by molar-refractivity contribution is 0.0636. The van der Waals surface area contributed by atoms with Crippen LogP contribution in [-0.2, 0) is 4.74 Å². The molecule has 1 rings (SSSR count). The summed E-state index contributed by atoms with van der Waals surface area (Å²) in [5, 5.41) is 20.7. The van der Waals surface area contributed by atoms with Crippen molar-refractivity contribution in [3.63, 3.8) is 0 Å². The van der Waals surface area contributed by atoms with Crippen molar-refractivity contribution in [2.75, 3.05) is 5.32 Å². The first-order valence-corrected chi connectivity index (χ1v) is 5.66. The Morgan fingerprint density at radius 1 is 1.33 bits per heavy atom.